The highest BCUT2D eigenvalue weighted by molar-refractivity contribution is 5.48. The summed E-state index contributed by atoms with van der Waals surface area (Å²) in [7, 11) is 0. The predicted molar refractivity (Wildman–Crippen MR) is 137 cm³/mol. The van der Waals surface area contributed by atoms with E-state index in [-0.39, 0.29) is 10.8 Å². The summed E-state index contributed by atoms with van der Waals surface area (Å²) >= 11 is 0. The number of aromatic nitrogens is 1. The van der Waals surface area contributed by atoms with Crippen LogP contribution in [-0.4, -0.2) is 45.1 Å². The molecule has 0 saturated carbocycles. The van der Waals surface area contributed by atoms with Gasteiger partial charge in [-0.3, -0.25) is 14.8 Å². The number of hydrogen-bond acceptors (Lipinski definition) is 4. The average Bonchev–Trinajstić information content (AvgIpc) is 3.37. The third-order valence-electron chi connectivity index (χ3n) is 7.60. The summed E-state index contributed by atoms with van der Waals surface area (Å²) in [6.45, 7) is 17.4. The fourth-order valence-corrected chi connectivity index (χ4v) is 5.71. The number of nitrogens with zero attached hydrogens (tertiary/aromatic N) is 3. The van der Waals surface area contributed by atoms with Crippen LogP contribution >= 0.6 is 0 Å². The quantitative estimate of drug-likeness (QED) is 0.607. The van der Waals surface area contributed by atoms with Crippen LogP contribution in [0.3, 0.4) is 0 Å². The van der Waals surface area contributed by atoms with E-state index in [4.69, 9.17) is 0 Å². The van der Waals surface area contributed by atoms with Crippen molar-refractivity contribution in [3.63, 3.8) is 0 Å². The van der Waals surface area contributed by atoms with Gasteiger partial charge in [-0.05, 0) is 72.9 Å². The van der Waals surface area contributed by atoms with Crippen LogP contribution in [0.1, 0.15) is 89.6 Å². The van der Waals surface area contributed by atoms with Gasteiger partial charge < -0.3 is 5.11 Å². The van der Waals surface area contributed by atoms with E-state index in [9.17, 15) is 5.11 Å². The number of phenols is 1. The molecule has 2 atom stereocenters. The van der Waals surface area contributed by atoms with E-state index < -0.39 is 0 Å². The number of aromatic hydroxyl groups is 1. The first-order chi connectivity index (χ1) is 15.5. The first kappa shape index (κ1) is 24.2. The van der Waals surface area contributed by atoms with Crippen molar-refractivity contribution in [3.05, 3.63) is 58.9 Å². The summed E-state index contributed by atoms with van der Waals surface area (Å²) in [5.74, 6) is 0.498. The molecular formula is C29H43N3O. The molecule has 0 bridgehead atoms. The van der Waals surface area contributed by atoms with Crippen LogP contribution < -0.4 is 0 Å². The van der Waals surface area contributed by atoms with Crippen LogP contribution in [0, 0.1) is 0 Å². The van der Waals surface area contributed by atoms with Crippen LogP contribution in [0.25, 0.3) is 0 Å². The molecule has 4 heteroatoms. The van der Waals surface area contributed by atoms with Crippen LogP contribution in [-0.2, 0) is 23.9 Å². The van der Waals surface area contributed by atoms with E-state index in [1.54, 1.807) is 0 Å². The summed E-state index contributed by atoms with van der Waals surface area (Å²) in [4.78, 5) is 9.88. The summed E-state index contributed by atoms with van der Waals surface area (Å²) < 4.78 is 0. The van der Waals surface area contributed by atoms with Gasteiger partial charge in [0.1, 0.15) is 5.75 Å². The second-order valence-corrected chi connectivity index (χ2v) is 12.2. The van der Waals surface area contributed by atoms with Gasteiger partial charge in [-0.25, -0.2) is 0 Å². The largest absolute Gasteiger partial charge is 0.507 e. The van der Waals surface area contributed by atoms with Gasteiger partial charge in [0.25, 0.3) is 0 Å². The first-order valence-electron chi connectivity index (χ1n) is 12.8. The van der Waals surface area contributed by atoms with Gasteiger partial charge in [-0.15, -0.1) is 0 Å². The molecule has 1 aromatic carbocycles. The molecule has 33 heavy (non-hydrogen) atoms. The van der Waals surface area contributed by atoms with Crippen LogP contribution in [0.15, 0.2) is 36.5 Å². The minimum absolute atomic E-state index is 0.0534. The SMILES string of the molecule is CC(C)(C)c1cc(CN2CCCC2C2CCCN2Cc2ccccn2)c(O)c(C(C)(C)C)c1. The number of rotatable bonds is 5. The number of hydrogen-bond donors (Lipinski definition) is 1. The molecule has 4 rings (SSSR count). The Labute approximate surface area is 201 Å². The Morgan fingerprint density at radius 3 is 2.06 bits per heavy atom. The lowest BCUT2D eigenvalue weighted by molar-refractivity contribution is 0.122. The average molecular weight is 450 g/mol. The van der Waals surface area contributed by atoms with Gasteiger partial charge >= 0.3 is 0 Å². The molecule has 0 radical (unpaired) electrons. The molecular weight excluding hydrogens is 406 g/mol. The highest BCUT2D eigenvalue weighted by atomic mass is 16.3. The molecule has 0 amide bonds. The van der Waals surface area contributed by atoms with Crippen LogP contribution in [0.2, 0.25) is 0 Å². The van der Waals surface area contributed by atoms with Crippen molar-refractivity contribution in [1.29, 1.82) is 0 Å². The standard InChI is InChI=1S/C29H43N3O/c1-28(2,3)22-17-21(27(33)24(18-22)29(4,5)6)19-31-15-9-12-25(31)26-13-10-16-32(26)20-23-11-7-8-14-30-23/h7-8,11,14,17-18,25-26,33H,9-10,12-13,15-16,19-20H2,1-6H3. The predicted octanol–water partition coefficient (Wildman–Crippen LogP) is 6.01. The molecule has 1 N–H and O–H groups in total. The molecule has 180 valence electrons. The fourth-order valence-electron chi connectivity index (χ4n) is 5.71. The maximum absolute atomic E-state index is 11.3. The van der Waals surface area contributed by atoms with Crippen molar-refractivity contribution in [2.75, 3.05) is 13.1 Å². The van der Waals surface area contributed by atoms with Crippen molar-refractivity contribution >= 4 is 0 Å². The van der Waals surface area contributed by atoms with Gasteiger partial charge in [-0.1, -0.05) is 59.7 Å². The fraction of sp³-hybridized carbons (Fsp3) is 0.621. The summed E-state index contributed by atoms with van der Waals surface area (Å²) in [5, 5.41) is 11.3. The number of likely N-dealkylation sites (tertiary alicyclic amines) is 2. The zero-order valence-corrected chi connectivity index (χ0v) is 21.6. The Morgan fingerprint density at radius 2 is 1.52 bits per heavy atom. The zero-order chi connectivity index (χ0) is 23.8. The van der Waals surface area contributed by atoms with Gasteiger partial charge in [0.2, 0.25) is 0 Å². The smallest absolute Gasteiger partial charge is 0.123 e. The van der Waals surface area contributed by atoms with Gasteiger partial charge in [0, 0.05) is 36.9 Å². The van der Waals surface area contributed by atoms with Gasteiger partial charge in [0.05, 0.1) is 5.69 Å². The molecule has 1 aromatic heterocycles. The Hall–Kier alpha value is -1.91. The normalized spacial score (nSPS) is 22.8. The zero-order valence-electron chi connectivity index (χ0n) is 21.6. The third kappa shape index (κ3) is 5.44. The lowest BCUT2D eigenvalue weighted by Gasteiger charge is -2.36. The molecule has 3 heterocycles. The molecule has 2 fully saturated rings. The van der Waals surface area contributed by atoms with E-state index in [0.717, 1.165) is 37.3 Å². The highest BCUT2D eigenvalue weighted by Gasteiger charge is 2.38. The molecule has 2 aliphatic heterocycles. The summed E-state index contributed by atoms with van der Waals surface area (Å²) in [5.41, 5.74) is 4.60. The monoisotopic (exact) mass is 449 g/mol. The first-order valence-corrected chi connectivity index (χ1v) is 12.8. The lowest BCUT2D eigenvalue weighted by Crippen LogP contribution is -2.45. The topological polar surface area (TPSA) is 39.6 Å². The Kier molecular flexibility index (Phi) is 6.89. The van der Waals surface area contributed by atoms with Crippen molar-refractivity contribution < 1.29 is 5.11 Å². The molecule has 4 nitrogen and oxygen atoms in total. The maximum Gasteiger partial charge on any atom is 0.123 e. The number of pyridine rings is 1. The highest BCUT2D eigenvalue weighted by Crippen LogP contribution is 2.39. The molecule has 0 spiro atoms. The minimum atomic E-state index is -0.0879. The van der Waals surface area contributed by atoms with E-state index in [0.29, 0.717) is 17.8 Å². The molecule has 0 aliphatic carbocycles. The Morgan fingerprint density at radius 1 is 0.879 bits per heavy atom. The summed E-state index contributed by atoms with van der Waals surface area (Å²) in [6.07, 6.45) is 6.91. The van der Waals surface area contributed by atoms with Crippen molar-refractivity contribution in [1.82, 2.24) is 14.8 Å². The van der Waals surface area contributed by atoms with Crippen molar-refractivity contribution in [3.8, 4) is 5.75 Å². The van der Waals surface area contributed by atoms with Crippen molar-refractivity contribution in [2.45, 2.75) is 103 Å². The second-order valence-electron chi connectivity index (χ2n) is 12.2. The number of phenolic OH excluding ortho intramolecular Hbond substituents is 1. The van der Waals surface area contributed by atoms with E-state index in [2.05, 4.69) is 80.6 Å². The molecule has 2 saturated heterocycles. The van der Waals surface area contributed by atoms with E-state index >= 15 is 0 Å². The molecule has 2 unspecified atom stereocenters. The Balaban J connectivity index is 1.58. The molecule has 2 aromatic rings. The number of benzene rings is 1. The third-order valence-corrected chi connectivity index (χ3v) is 7.60. The molecule has 2 aliphatic rings. The second kappa shape index (κ2) is 9.38. The lowest BCUT2D eigenvalue weighted by atomic mass is 9.79. The van der Waals surface area contributed by atoms with Crippen LogP contribution in [0.5, 0.6) is 5.75 Å². The maximum atomic E-state index is 11.3. The van der Waals surface area contributed by atoms with E-state index in [1.807, 2.05) is 12.3 Å². The van der Waals surface area contributed by atoms with Gasteiger partial charge in [0.15, 0.2) is 0 Å². The summed E-state index contributed by atoms with van der Waals surface area (Å²) in [6, 6.07) is 11.8. The van der Waals surface area contributed by atoms with E-state index in [1.165, 1.54) is 36.9 Å². The van der Waals surface area contributed by atoms with Crippen LogP contribution in [0.4, 0.5) is 0 Å². The Bertz CT molecular complexity index is 942. The minimum Gasteiger partial charge on any atom is -0.507 e. The van der Waals surface area contributed by atoms with Gasteiger partial charge in [-0.2, -0.15) is 0 Å². The van der Waals surface area contributed by atoms with Crippen molar-refractivity contribution in [2.24, 2.45) is 0 Å².